The van der Waals surface area contributed by atoms with Gasteiger partial charge in [0.25, 0.3) is 0 Å². The molecule has 0 spiro atoms. The van der Waals surface area contributed by atoms with Gasteiger partial charge in [-0.15, -0.1) is 11.8 Å². The number of hydrogen-bond donors (Lipinski definition) is 0. The summed E-state index contributed by atoms with van der Waals surface area (Å²) in [4.78, 5) is 12.4. The van der Waals surface area contributed by atoms with Gasteiger partial charge in [0.1, 0.15) is 0 Å². The summed E-state index contributed by atoms with van der Waals surface area (Å²) >= 11 is 1.74. The summed E-state index contributed by atoms with van der Waals surface area (Å²) in [6.45, 7) is 1.58. The van der Waals surface area contributed by atoms with Crippen LogP contribution in [-0.4, -0.2) is 12.0 Å². The predicted octanol–water partition coefficient (Wildman–Crippen LogP) is 4.78. The molecule has 0 bridgehead atoms. The van der Waals surface area contributed by atoms with Gasteiger partial charge in [0.05, 0.1) is 0 Å². The van der Waals surface area contributed by atoms with Crippen molar-refractivity contribution in [3.63, 3.8) is 0 Å². The van der Waals surface area contributed by atoms with Crippen LogP contribution in [0.1, 0.15) is 28.4 Å². The monoisotopic (exact) mass is 268 g/mol. The first-order chi connectivity index (χ1) is 9.19. The quantitative estimate of drug-likeness (QED) is 0.451. The van der Waals surface area contributed by atoms with Crippen LogP contribution in [0, 0.1) is 0 Å². The van der Waals surface area contributed by atoms with Gasteiger partial charge in [-0.25, -0.2) is 0 Å². The molecule has 0 aliphatic rings. The van der Waals surface area contributed by atoms with E-state index in [9.17, 15) is 4.79 Å². The van der Waals surface area contributed by atoms with Crippen LogP contribution in [0.2, 0.25) is 0 Å². The molecule has 0 aromatic heterocycles. The third kappa shape index (κ3) is 3.83. The summed E-state index contributed by atoms with van der Waals surface area (Å²) in [6.07, 6.45) is 6.20. The lowest BCUT2D eigenvalue weighted by atomic mass is 10.1. The number of Topliss-reactive ketones (excluding diaryl/α,β-unsaturated/α-hetero) is 1. The summed E-state index contributed by atoms with van der Waals surface area (Å²) in [6, 6.07) is 16.1. The first-order valence-corrected chi connectivity index (χ1v) is 7.34. The van der Waals surface area contributed by atoms with Crippen molar-refractivity contribution in [3.05, 3.63) is 65.2 Å². The molecule has 0 fully saturated rings. The minimum Gasteiger partial charge on any atom is -0.295 e. The van der Waals surface area contributed by atoms with E-state index in [2.05, 4.69) is 42.7 Å². The van der Waals surface area contributed by atoms with E-state index in [0.717, 1.165) is 11.1 Å². The Kier molecular flexibility index (Phi) is 4.58. The molecule has 0 aliphatic heterocycles. The van der Waals surface area contributed by atoms with E-state index >= 15 is 0 Å². The molecule has 19 heavy (non-hydrogen) atoms. The first kappa shape index (κ1) is 13.6. The third-order valence-electron chi connectivity index (χ3n) is 2.90. The maximum absolute atomic E-state index is 11.2. The maximum atomic E-state index is 11.2. The zero-order valence-electron chi connectivity index (χ0n) is 11.1. The number of thioether (sulfide) groups is 1. The van der Waals surface area contributed by atoms with Crippen LogP contribution < -0.4 is 0 Å². The molecular formula is C17H16OS. The molecule has 0 amide bonds. The Morgan fingerprint density at radius 1 is 0.895 bits per heavy atom. The summed E-state index contributed by atoms with van der Waals surface area (Å²) in [5.74, 6) is 0.100. The molecule has 0 atom stereocenters. The highest BCUT2D eigenvalue weighted by molar-refractivity contribution is 7.98. The molecule has 2 heteroatoms. The molecule has 0 N–H and O–H groups in total. The zero-order valence-corrected chi connectivity index (χ0v) is 11.9. The Bertz CT molecular complexity index is 580. The Hall–Kier alpha value is -1.80. The van der Waals surface area contributed by atoms with Gasteiger partial charge in [0.2, 0.25) is 0 Å². The average Bonchev–Trinajstić information content (AvgIpc) is 2.46. The van der Waals surface area contributed by atoms with Crippen LogP contribution in [0.4, 0.5) is 0 Å². The van der Waals surface area contributed by atoms with E-state index in [0.29, 0.717) is 0 Å². The lowest BCUT2D eigenvalue weighted by Gasteiger charge is -1.98. The standard InChI is InChI=1S/C17H16OS/c1-13(18)16-9-5-14(6-10-16)3-4-15-7-11-17(19-2)12-8-15/h3-12H,1-2H3. The van der Waals surface area contributed by atoms with Gasteiger partial charge >= 0.3 is 0 Å². The van der Waals surface area contributed by atoms with Crippen molar-refractivity contribution in [1.82, 2.24) is 0 Å². The van der Waals surface area contributed by atoms with Gasteiger partial charge in [-0.3, -0.25) is 4.79 Å². The molecule has 96 valence electrons. The smallest absolute Gasteiger partial charge is 0.159 e. The first-order valence-electron chi connectivity index (χ1n) is 6.12. The molecule has 2 aromatic carbocycles. The normalized spacial score (nSPS) is 10.8. The van der Waals surface area contributed by atoms with Crippen LogP contribution in [0.15, 0.2) is 53.4 Å². The summed E-state index contributed by atoms with van der Waals surface area (Å²) in [5.41, 5.74) is 3.02. The number of carbonyl (C=O) groups excluding carboxylic acids is 1. The minimum atomic E-state index is 0.100. The number of rotatable bonds is 4. The lowest BCUT2D eigenvalue weighted by molar-refractivity contribution is 0.101. The van der Waals surface area contributed by atoms with E-state index in [1.54, 1.807) is 18.7 Å². The van der Waals surface area contributed by atoms with Gasteiger partial charge in [0.15, 0.2) is 5.78 Å². The Balaban J connectivity index is 2.10. The van der Waals surface area contributed by atoms with Crippen LogP contribution in [-0.2, 0) is 0 Å². The van der Waals surface area contributed by atoms with Gasteiger partial charge < -0.3 is 0 Å². The average molecular weight is 268 g/mol. The van der Waals surface area contributed by atoms with Crippen molar-refractivity contribution in [3.8, 4) is 0 Å². The minimum absolute atomic E-state index is 0.100. The van der Waals surface area contributed by atoms with Crippen molar-refractivity contribution in [2.24, 2.45) is 0 Å². The molecule has 0 saturated heterocycles. The van der Waals surface area contributed by atoms with E-state index in [1.165, 1.54) is 10.5 Å². The van der Waals surface area contributed by atoms with E-state index in [4.69, 9.17) is 0 Å². The highest BCUT2D eigenvalue weighted by atomic mass is 32.2. The zero-order chi connectivity index (χ0) is 13.7. The Morgan fingerprint density at radius 3 is 1.79 bits per heavy atom. The Labute approximate surface area is 118 Å². The van der Waals surface area contributed by atoms with Gasteiger partial charge in [-0.05, 0) is 36.4 Å². The van der Waals surface area contributed by atoms with Gasteiger partial charge in [-0.1, -0.05) is 48.6 Å². The van der Waals surface area contributed by atoms with Gasteiger partial charge in [0, 0.05) is 10.5 Å². The molecule has 0 saturated carbocycles. The molecule has 2 rings (SSSR count). The fraction of sp³-hybridized carbons (Fsp3) is 0.118. The highest BCUT2D eigenvalue weighted by Gasteiger charge is 1.97. The number of ketones is 1. The second-order valence-corrected chi connectivity index (χ2v) is 5.16. The Morgan fingerprint density at radius 2 is 1.37 bits per heavy atom. The van der Waals surface area contributed by atoms with Crippen LogP contribution in [0.25, 0.3) is 12.2 Å². The highest BCUT2D eigenvalue weighted by Crippen LogP contribution is 2.16. The van der Waals surface area contributed by atoms with Crippen molar-refractivity contribution in [2.75, 3.05) is 6.26 Å². The molecule has 2 aromatic rings. The van der Waals surface area contributed by atoms with Crippen LogP contribution in [0.3, 0.4) is 0 Å². The third-order valence-corrected chi connectivity index (χ3v) is 3.64. The van der Waals surface area contributed by atoms with E-state index in [-0.39, 0.29) is 5.78 Å². The molecular weight excluding hydrogens is 252 g/mol. The van der Waals surface area contributed by atoms with Gasteiger partial charge in [-0.2, -0.15) is 0 Å². The molecule has 0 radical (unpaired) electrons. The van der Waals surface area contributed by atoms with Crippen molar-refractivity contribution < 1.29 is 4.79 Å². The molecule has 0 aliphatic carbocycles. The van der Waals surface area contributed by atoms with E-state index in [1.807, 2.05) is 24.3 Å². The van der Waals surface area contributed by atoms with E-state index < -0.39 is 0 Å². The lowest BCUT2D eigenvalue weighted by Crippen LogP contribution is -1.90. The number of benzene rings is 2. The van der Waals surface area contributed by atoms with Crippen molar-refractivity contribution >= 4 is 29.7 Å². The van der Waals surface area contributed by atoms with Crippen molar-refractivity contribution in [2.45, 2.75) is 11.8 Å². The molecule has 0 unspecified atom stereocenters. The van der Waals surface area contributed by atoms with Crippen LogP contribution >= 0.6 is 11.8 Å². The fourth-order valence-electron chi connectivity index (χ4n) is 1.74. The number of hydrogen-bond acceptors (Lipinski definition) is 2. The number of carbonyl (C=O) groups is 1. The topological polar surface area (TPSA) is 17.1 Å². The summed E-state index contributed by atoms with van der Waals surface area (Å²) < 4.78 is 0. The maximum Gasteiger partial charge on any atom is 0.159 e. The van der Waals surface area contributed by atoms with Crippen molar-refractivity contribution in [1.29, 1.82) is 0 Å². The largest absolute Gasteiger partial charge is 0.295 e. The predicted molar refractivity (Wildman–Crippen MR) is 83.6 cm³/mol. The summed E-state index contributed by atoms with van der Waals surface area (Å²) in [5, 5.41) is 0. The fourth-order valence-corrected chi connectivity index (χ4v) is 2.14. The molecule has 1 nitrogen and oxygen atoms in total. The SMILES string of the molecule is CSc1ccc(C=Cc2ccc(C(C)=O)cc2)cc1. The van der Waals surface area contributed by atoms with Crippen LogP contribution in [0.5, 0.6) is 0 Å². The summed E-state index contributed by atoms with van der Waals surface area (Å²) in [7, 11) is 0. The molecule has 0 heterocycles. The second kappa shape index (κ2) is 6.39. The second-order valence-electron chi connectivity index (χ2n) is 4.28.